The summed E-state index contributed by atoms with van der Waals surface area (Å²) in [4.78, 5) is 0. The van der Waals surface area contributed by atoms with E-state index in [2.05, 4.69) is 0 Å². The maximum atomic E-state index is 8.94. The molecule has 0 unspecified atom stereocenters. The molecule has 0 spiro atoms. The Labute approximate surface area is 61.3 Å². The van der Waals surface area contributed by atoms with Crippen molar-refractivity contribution in [2.24, 2.45) is 0 Å². The van der Waals surface area contributed by atoms with Crippen molar-refractivity contribution in [2.45, 2.75) is 0 Å². The third kappa shape index (κ3) is 58.5. The van der Waals surface area contributed by atoms with E-state index < -0.39 is 14.5 Å². The molecule has 0 atom stereocenters. The predicted molar refractivity (Wildman–Crippen MR) is 13.1 cm³/mol. The van der Waals surface area contributed by atoms with Crippen molar-refractivity contribution in [2.75, 3.05) is 0 Å². The van der Waals surface area contributed by atoms with Crippen molar-refractivity contribution in [3.63, 3.8) is 0 Å². The summed E-state index contributed by atoms with van der Waals surface area (Å²) in [6.07, 6.45) is 0. The van der Waals surface area contributed by atoms with E-state index >= 15 is 0 Å². The summed E-state index contributed by atoms with van der Waals surface area (Å²) in [6, 6.07) is 0. The fourth-order valence-corrected chi connectivity index (χ4v) is 0. The Hall–Kier alpha value is 1.29. The first kappa shape index (κ1) is 10.3. The molecule has 3 N–H and O–H groups in total. The van der Waals surface area contributed by atoms with Gasteiger partial charge in [0.2, 0.25) is 0 Å². The van der Waals surface area contributed by atoms with E-state index in [1.54, 1.807) is 0 Å². The molecule has 0 aromatic carbocycles. The summed E-state index contributed by atoms with van der Waals surface area (Å²) in [6.45, 7) is 0. The number of hydrogen-bond donors (Lipinski definition) is 3. The summed E-state index contributed by atoms with van der Waals surface area (Å²) < 4.78 is 30.7. The van der Waals surface area contributed by atoms with E-state index in [1.165, 1.54) is 0 Å². The Bertz CT molecular complexity index is 53.7. The topological polar surface area (TPSA) is 77.8 Å². The molecule has 0 aromatic rings. The first-order valence-electron chi connectivity index (χ1n) is 0.783. The fourth-order valence-electron chi connectivity index (χ4n) is 0. The van der Waals surface area contributed by atoms with Crippen LogP contribution < -0.4 is 0 Å². The molecule has 0 amide bonds. The van der Waals surface area contributed by atoms with Gasteiger partial charge >= 0.3 is 30.5 Å². The number of hydrogen-bond acceptors (Lipinski definition) is 1. The van der Waals surface area contributed by atoms with Crippen LogP contribution >= 0.6 is 0 Å². The quantitative estimate of drug-likeness (QED) is 0.419. The summed E-state index contributed by atoms with van der Waals surface area (Å²) in [5.74, 6) is 0. The van der Waals surface area contributed by atoms with Crippen LogP contribution in [0.3, 0.4) is 0 Å². The Morgan fingerprint density at radius 1 is 1.17 bits per heavy atom. The normalized spacial score (nSPS) is 9.83. The first-order valence-corrected chi connectivity index (χ1v) is 4.07. The number of rotatable bonds is 0. The molecule has 0 radical (unpaired) electrons. The molecule has 0 aliphatic rings. The minimum Gasteiger partial charge on any atom is 0 e. The van der Waals surface area contributed by atoms with E-state index in [0.717, 1.165) is 0 Å². The van der Waals surface area contributed by atoms with Gasteiger partial charge in [-0.05, 0) is 0 Å². The summed E-state index contributed by atoms with van der Waals surface area (Å²) in [5.41, 5.74) is 0. The van der Waals surface area contributed by atoms with Gasteiger partial charge in [-0.2, -0.15) is 0 Å². The molecule has 0 fully saturated rings. The summed E-state index contributed by atoms with van der Waals surface area (Å²) >= 11 is -5.12. The van der Waals surface area contributed by atoms with Crippen molar-refractivity contribution in [1.29, 1.82) is 0 Å². The molecular weight excluding hydrogens is 377 g/mol. The molecule has 0 aliphatic carbocycles. The van der Waals surface area contributed by atoms with E-state index in [-0.39, 0.29) is 31.1 Å². The minimum atomic E-state index is -5.12. The molecular formula is H3AsO4U. The average Bonchev–Trinajstić information content (AvgIpc) is 0.722. The van der Waals surface area contributed by atoms with Crippen LogP contribution in [0.15, 0.2) is 0 Å². The zero-order chi connectivity index (χ0) is 4.50. The second-order valence-corrected chi connectivity index (χ2v) is 2.67. The molecule has 6 heteroatoms. The summed E-state index contributed by atoms with van der Waals surface area (Å²) in [7, 11) is 0. The molecule has 0 bridgehead atoms. The van der Waals surface area contributed by atoms with Gasteiger partial charge in [-0.3, -0.25) is 0 Å². The van der Waals surface area contributed by atoms with Crippen LogP contribution in [0.1, 0.15) is 0 Å². The molecule has 0 saturated carbocycles. The van der Waals surface area contributed by atoms with Crippen LogP contribution in [-0.2, 0) is 3.74 Å². The molecule has 36 valence electrons. The Morgan fingerprint density at radius 3 is 1.17 bits per heavy atom. The maximum absolute atomic E-state index is 8.94. The zero-order valence-electron chi connectivity index (χ0n) is 2.70. The van der Waals surface area contributed by atoms with Gasteiger partial charge in [-0.1, -0.05) is 0 Å². The molecule has 0 saturated heterocycles. The third-order valence-corrected chi connectivity index (χ3v) is 0. The SMILES string of the molecule is O=[As](O)(O)O.[U]. The fraction of sp³-hybridized carbons (Fsp3) is 0. The van der Waals surface area contributed by atoms with Crippen molar-refractivity contribution < 1.29 is 47.1 Å². The average molecular weight is 380 g/mol. The Morgan fingerprint density at radius 2 is 1.17 bits per heavy atom. The monoisotopic (exact) mass is 380 g/mol. The van der Waals surface area contributed by atoms with Crippen molar-refractivity contribution in [1.82, 2.24) is 0 Å². The molecule has 0 rings (SSSR count). The molecule has 0 aliphatic heterocycles. The van der Waals surface area contributed by atoms with Gasteiger partial charge < -0.3 is 0 Å². The smallest absolute Gasteiger partial charge is 0 e. The minimum absolute atomic E-state index is 0. The van der Waals surface area contributed by atoms with Gasteiger partial charge in [0.05, 0.1) is 0 Å². The summed E-state index contributed by atoms with van der Waals surface area (Å²) in [5, 5.41) is 0. The van der Waals surface area contributed by atoms with Crippen LogP contribution in [0.4, 0.5) is 0 Å². The van der Waals surface area contributed by atoms with Crippen molar-refractivity contribution >= 4 is 14.5 Å². The van der Waals surface area contributed by atoms with Crippen LogP contribution in [-0.4, -0.2) is 26.8 Å². The molecule has 0 heterocycles. The van der Waals surface area contributed by atoms with Crippen LogP contribution in [0.2, 0.25) is 0 Å². The third-order valence-electron chi connectivity index (χ3n) is 0. The van der Waals surface area contributed by atoms with E-state index in [9.17, 15) is 0 Å². The first-order chi connectivity index (χ1) is 2.00. The molecule has 4 nitrogen and oxygen atoms in total. The van der Waals surface area contributed by atoms with Gasteiger partial charge in [0.1, 0.15) is 0 Å². The van der Waals surface area contributed by atoms with Gasteiger partial charge in [0, 0.05) is 31.1 Å². The van der Waals surface area contributed by atoms with Gasteiger partial charge in [0.15, 0.2) is 0 Å². The van der Waals surface area contributed by atoms with E-state index in [4.69, 9.17) is 16.0 Å². The Kier molecular flexibility index (Phi) is 5.69. The second kappa shape index (κ2) is 3.31. The van der Waals surface area contributed by atoms with Gasteiger partial charge in [-0.25, -0.2) is 0 Å². The predicted octanol–water partition coefficient (Wildman–Crippen LogP) is -2.17. The van der Waals surface area contributed by atoms with Crippen molar-refractivity contribution in [3.05, 3.63) is 0 Å². The van der Waals surface area contributed by atoms with Gasteiger partial charge in [-0.15, -0.1) is 0 Å². The largest absolute Gasteiger partial charge is 0 e. The molecule has 6 heavy (non-hydrogen) atoms. The van der Waals surface area contributed by atoms with E-state index in [1.807, 2.05) is 0 Å². The second-order valence-electron chi connectivity index (χ2n) is 0.513. The standard InChI is InChI=1S/AsH3O4.U/c2-1(3,4)5;/h(H3,2,3,4,5);. The van der Waals surface area contributed by atoms with Crippen molar-refractivity contribution in [3.8, 4) is 0 Å². The van der Waals surface area contributed by atoms with Gasteiger partial charge in [0.25, 0.3) is 0 Å². The zero-order valence-corrected chi connectivity index (χ0v) is 8.74. The van der Waals surface area contributed by atoms with Crippen LogP contribution in [0, 0.1) is 31.1 Å². The van der Waals surface area contributed by atoms with E-state index in [0.29, 0.717) is 0 Å². The Balaban J connectivity index is 0. The molecule has 0 aromatic heterocycles. The maximum Gasteiger partial charge on any atom is 0 e. The van der Waals surface area contributed by atoms with Crippen LogP contribution in [0.25, 0.3) is 0 Å². The van der Waals surface area contributed by atoms with Crippen LogP contribution in [0.5, 0.6) is 0 Å².